The van der Waals surface area contributed by atoms with E-state index < -0.39 is 0 Å². The molecule has 0 aromatic carbocycles. The maximum Gasteiger partial charge on any atom is 0.235 e. The zero-order chi connectivity index (χ0) is 14.6. The summed E-state index contributed by atoms with van der Waals surface area (Å²) >= 11 is 5.69. The van der Waals surface area contributed by atoms with Crippen LogP contribution in [0.3, 0.4) is 0 Å². The lowest BCUT2D eigenvalue weighted by atomic mass is 9.69. The molecule has 5 heteroatoms. The summed E-state index contributed by atoms with van der Waals surface area (Å²) in [6.45, 7) is 1.50. The van der Waals surface area contributed by atoms with Gasteiger partial charge in [-0.1, -0.05) is 37.5 Å². The van der Waals surface area contributed by atoms with Crippen molar-refractivity contribution in [2.24, 2.45) is 0 Å². The van der Waals surface area contributed by atoms with Crippen LogP contribution < -0.4 is 5.43 Å². The lowest BCUT2D eigenvalue weighted by molar-refractivity contribution is -0.121. The van der Waals surface area contributed by atoms with Gasteiger partial charge in [-0.3, -0.25) is 20.2 Å². The number of hydrogen-bond donors (Lipinski definition) is 1. The summed E-state index contributed by atoms with van der Waals surface area (Å²) in [4.78, 5) is 16.3. The molecule has 0 unspecified atom stereocenters. The topological polar surface area (TPSA) is 45.2 Å². The molecule has 0 saturated heterocycles. The molecular weight excluding hydrogens is 270 g/mol. The van der Waals surface area contributed by atoms with Crippen molar-refractivity contribution in [3.63, 3.8) is 0 Å². The third kappa shape index (κ3) is 2.98. The first-order valence-electron chi connectivity index (χ1n) is 7.02. The molecule has 1 aromatic rings. The number of pyridine rings is 1. The minimum absolute atomic E-state index is 0.105. The SMILES string of the molecule is CC(=O)NN(C)C(=S)C1(c2cccnc2)CCCCC1. The Bertz CT molecular complexity index is 483. The molecule has 1 saturated carbocycles. The van der Waals surface area contributed by atoms with Gasteiger partial charge in [-0.15, -0.1) is 0 Å². The average molecular weight is 291 g/mol. The van der Waals surface area contributed by atoms with Crippen LogP contribution in [0.25, 0.3) is 0 Å². The van der Waals surface area contributed by atoms with E-state index in [1.54, 1.807) is 11.2 Å². The zero-order valence-electron chi connectivity index (χ0n) is 12.1. The number of hydrazine groups is 1. The van der Waals surface area contributed by atoms with Crippen LogP contribution in [0.1, 0.15) is 44.6 Å². The highest BCUT2D eigenvalue weighted by Crippen LogP contribution is 2.41. The fourth-order valence-electron chi connectivity index (χ4n) is 3.04. The molecule has 1 aromatic heterocycles. The highest BCUT2D eigenvalue weighted by Gasteiger charge is 2.40. The Hall–Kier alpha value is -1.49. The van der Waals surface area contributed by atoms with Crippen molar-refractivity contribution in [1.82, 2.24) is 15.4 Å². The first kappa shape index (κ1) is 14.9. The van der Waals surface area contributed by atoms with E-state index in [1.165, 1.54) is 13.3 Å². The first-order chi connectivity index (χ1) is 9.56. The van der Waals surface area contributed by atoms with Crippen LogP contribution >= 0.6 is 12.2 Å². The van der Waals surface area contributed by atoms with Gasteiger partial charge in [0.1, 0.15) is 4.99 Å². The van der Waals surface area contributed by atoms with Gasteiger partial charge in [0.15, 0.2) is 0 Å². The minimum atomic E-state index is -0.182. The van der Waals surface area contributed by atoms with Crippen LogP contribution in [0, 0.1) is 0 Å². The van der Waals surface area contributed by atoms with E-state index in [9.17, 15) is 4.79 Å². The van der Waals surface area contributed by atoms with Gasteiger partial charge in [-0.05, 0) is 24.5 Å². The fraction of sp³-hybridized carbons (Fsp3) is 0.533. The van der Waals surface area contributed by atoms with E-state index in [2.05, 4.69) is 16.5 Å². The minimum Gasteiger partial charge on any atom is -0.281 e. The van der Waals surface area contributed by atoms with E-state index in [4.69, 9.17) is 12.2 Å². The quantitative estimate of drug-likeness (QED) is 0.672. The van der Waals surface area contributed by atoms with Gasteiger partial charge in [0.05, 0.1) is 0 Å². The molecule has 0 radical (unpaired) electrons. The van der Waals surface area contributed by atoms with Gasteiger partial charge in [0.2, 0.25) is 5.91 Å². The van der Waals surface area contributed by atoms with Crippen LogP contribution in [-0.4, -0.2) is 27.9 Å². The predicted octanol–water partition coefficient (Wildman–Crippen LogP) is 2.59. The number of nitrogens with zero attached hydrogens (tertiary/aromatic N) is 2. The smallest absolute Gasteiger partial charge is 0.235 e. The summed E-state index contributed by atoms with van der Waals surface area (Å²) < 4.78 is 0. The Morgan fingerprint density at radius 1 is 1.40 bits per heavy atom. The maximum absolute atomic E-state index is 11.3. The van der Waals surface area contributed by atoms with E-state index in [0.29, 0.717) is 0 Å². The van der Waals surface area contributed by atoms with Crippen molar-refractivity contribution in [2.75, 3.05) is 7.05 Å². The Morgan fingerprint density at radius 2 is 2.10 bits per heavy atom. The van der Waals surface area contributed by atoms with Crippen molar-refractivity contribution in [3.8, 4) is 0 Å². The number of carbonyl (C=O) groups is 1. The number of nitrogens with one attached hydrogen (secondary N) is 1. The van der Waals surface area contributed by atoms with Crippen LogP contribution in [-0.2, 0) is 10.2 Å². The normalized spacial score (nSPS) is 17.3. The lowest BCUT2D eigenvalue weighted by Gasteiger charge is -2.41. The molecule has 1 fully saturated rings. The lowest BCUT2D eigenvalue weighted by Crippen LogP contribution is -2.51. The van der Waals surface area contributed by atoms with Crippen molar-refractivity contribution in [1.29, 1.82) is 0 Å². The average Bonchev–Trinajstić information content (AvgIpc) is 2.47. The number of carbonyl (C=O) groups excluding carboxylic acids is 1. The second-order valence-corrected chi connectivity index (χ2v) is 5.80. The Morgan fingerprint density at radius 3 is 2.65 bits per heavy atom. The fourth-order valence-corrected chi connectivity index (χ4v) is 3.40. The van der Waals surface area contributed by atoms with Gasteiger partial charge < -0.3 is 0 Å². The van der Waals surface area contributed by atoms with Crippen molar-refractivity contribution >= 4 is 23.1 Å². The maximum atomic E-state index is 11.3. The van der Waals surface area contributed by atoms with Crippen molar-refractivity contribution in [2.45, 2.75) is 44.4 Å². The molecule has 1 N–H and O–H groups in total. The summed E-state index contributed by atoms with van der Waals surface area (Å²) in [5.41, 5.74) is 3.74. The molecule has 20 heavy (non-hydrogen) atoms. The Balaban J connectivity index is 2.32. The molecule has 0 atom stereocenters. The van der Waals surface area contributed by atoms with Crippen LogP contribution in [0.15, 0.2) is 24.5 Å². The number of rotatable bonds is 2. The molecule has 0 aliphatic heterocycles. The summed E-state index contributed by atoms with van der Waals surface area (Å²) in [5.74, 6) is -0.105. The van der Waals surface area contributed by atoms with Crippen molar-refractivity contribution < 1.29 is 4.79 Å². The van der Waals surface area contributed by atoms with E-state index in [1.807, 2.05) is 19.3 Å². The zero-order valence-corrected chi connectivity index (χ0v) is 12.9. The summed E-state index contributed by atoms with van der Waals surface area (Å²) in [6.07, 6.45) is 9.27. The standard InChI is InChI=1S/C15H21N3OS/c1-12(19)17-18(2)14(20)15(8-4-3-5-9-15)13-7-6-10-16-11-13/h6-7,10-11H,3-5,8-9H2,1-2H3,(H,17,19). The first-order valence-corrected chi connectivity index (χ1v) is 7.43. The highest BCUT2D eigenvalue weighted by atomic mass is 32.1. The third-order valence-corrected chi connectivity index (χ3v) is 4.63. The molecule has 0 spiro atoms. The number of aromatic nitrogens is 1. The summed E-state index contributed by atoms with van der Waals surface area (Å²) in [5, 5.41) is 1.69. The molecular formula is C15H21N3OS. The second-order valence-electron chi connectivity index (χ2n) is 5.42. The van der Waals surface area contributed by atoms with Crippen LogP contribution in [0.5, 0.6) is 0 Å². The van der Waals surface area contributed by atoms with Crippen molar-refractivity contribution in [3.05, 3.63) is 30.1 Å². The van der Waals surface area contributed by atoms with Crippen LogP contribution in [0.4, 0.5) is 0 Å². The molecule has 2 rings (SSSR count). The Kier molecular flexibility index (Phi) is 4.70. The van der Waals surface area contributed by atoms with E-state index in [-0.39, 0.29) is 11.3 Å². The Labute approximate surface area is 125 Å². The molecule has 1 heterocycles. The number of likely N-dealkylation sites (N-methyl/N-ethyl adjacent to an activating group) is 1. The molecule has 108 valence electrons. The van der Waals surface area contributed by atoms with Gasteiger partial charge >= 0.3 is 0 Å². The predicted molar refractivity (Wildman–Crippen MR) is 83.2 cm³/mol. The number of thiocarbonyl (C=S) groups is 1. The molecule has 1 amide bonds. The van der Waals surface area contributed by atoms with Crippen LogP contribution in [0.2, 0.25) is 0 Å². The number of hydrogen-bond acceptors (Lipinski definition) is 3. The van der Waals surface area contributed by atoms with Gasteiger partial charge in [0, 0.05) is 31.8 Å². The van der Waals surface area contributed by atoms with E-state index in [0.717, 1.165) is 36.2 Å². The third-order valence-electron chi connectivity index (χ3n) is 3.96. The summed E-state index contributed by atoms with van der Waals surface area (Å²) in [7, 11) is 1.82. The number of amides is 1. The summed E-state index contributed by atoms with van der Waals surface area (Å²) in [6, 6.07) is 4.04. The largest absolute Gasteiger partial charge is 0.281 e. The highest BCUT2D eigenvalue weighted by molar-refractivity contribution is 7.80. The molecule has 4 nitrogen and oxygen atoms in total. The second kappa shape index (κ2) is 6.31. The molecule has 0 bridgehead atoms. The van der Waals surface area contributed by atoms with Gasteiger partial charge in [-0.25, -0.2) is 0 Å². The monoisotopic (exact) mass is 291 g/mol. The van der Waals surface area contributed by atoms with E-state index >= 15 is 0 Å². The van der Waals surface area contributed by atoms with Gasteiger partial charge in [0.25, 0.3) is 0 Å². The molecule has 1 aliphatic carbocycles. The van der Waals surface area contributed by atoms with Gasteiger partial charge in [-0.2, -0.15) is 0 Å². The molecule has 1 aliphatic rings.